The van der Waals surface area contributed by atoms with E-state index in [0.29, 0.717) is 5.17 Å². The lowest BCUT2D eigenvalue weighted by Gasteiger charge is -1.98. The third-order valence-corrected chi connectivity index (χ3v) is 3.04. The van der Waals surface area contributed by atoms with Crippen molar-refractivity contribution in [3.05, 3.63) is 33.9 Å². The number of phenols is 1. The highest BCUT2D eigenvalue weighted by atomic mass is 32.2. The molecule has 9 heteroatoms. The van der Waals surface area contributed by atoms with Gasteiger partial charge in [-0.2, -0.15) is 5.10 Å². The molecular weight excluding hydrogens is 272 g/mol. The number of hydrogen-bond acceptors (Lipinski definition) is 7. The normalized spacial score (nSPS) is 17.1. The number of nitro benzene ring substituents is 1. The highest BCUT2D eigenvalue weighted by molar-refractivity contribution is 8.15. The number of nitro groups is 1. The number of amides is 1. The van der Waals surface area contributed by atoms with E-state index < -0.39 is 16.4 Å². The zero-order valence-electron chi connectivity index (χ0n) is 9.44. The van der Waals surface area contributed by atoms with Gasteiger partial charge in [0.15, 0.2) is 5.17 Å². The number of nitrogens with one attached hydrogen (secondary N) is 1. The number of phenolic OH excluding ortho intramolecular Hbond substituents is 1. The van der Waals surface area contributed by atoms with E-state index in [4.69, 9.17) is 0 Å². The van der Waals surface area contributed by atoms with Crippen LogP contribution in [0.15, 0.2) is 28.4 Å². The van der Waals surface area contributed by atoms with Crippen molar-refractivity contribution in [3.63, 3.8) is 0 Å². The number of benzene rings is 1. The van der Waals surface area contributed by atoms with E-state index in [1.807, 2.05) is 0 Å². The summed E-state index contributed by atoms with van der Waals surface area (Å²) >= 11 is 1.20. The van der Waals surface area contributed by atoms with Crippen LogP contribution in [0, 0.1) is 10.1 Å². The van der Waals surface area contributed by atoms with Crippen LogP contribution in [0.3, 0.4) is 0 Å². The maximum atomic E-state index is 10.9. The van der Waals surface area contributed by atoms with Gasteiger partial charge in [0.1, 0.15) is 0 Å². The van der Waals surface area contributed by atoms with E-state index in [9.17, 15) is 20.0 Å². The van der Waals surface area contributed by atoms with E-state index in [0.717, 1.165) is 0 Å². The molecule has 0 saturated carbocycles. The van der Waals surface area contributed by atoms with Crippen LogP contribution < -0.4 is 5.32 Å². The maximum absolute atomic E-state index is 10.9. The summed E-state index contributed by atoms with van der Waals surface area (Å²) in [6.07, 6.45) is 1.18. The van der Waals surface area contributed by atoms with Gasteiger partial charge < -0.3 is 10.4 Å². The Hall–Kier alpha value is -2.42. The third-order valence-electron chi connectivity index (χ3n) is 2.17. The number of rotatable bonds is 3. The van der Waals surface area contributed by atoms with Crippen LogP contribution >= 0.6 is 11.8 Å². The highest BCUT2D eigenvalue weighted by Crippen LogP contribution is 2.27. The molecule has 0 aromatic heterocycles. The second kappa shape index (κ2) is 5.48. The Balaban J connectivity index is 2.17. The summed E-state index contributed by atoms with van der Waals surface area (Å²) in [6.45, 7) is 0. The molecule has 0 unspecified atom stereocenters. The zero-order valence-corrected chi connectivity index (χ0v) is 10.3. The summed E-state index contributed by atoms with van der Waals surface area (Å²) in [7, 11) is 0. The van der Waals surface area contributed by atoms with E-state index >= 15 is 0 Å². The van der Waals surface area contributed by atoms with Crippen molar-refractivity contribution in [1.82, 2.24) is 5.32 Å². The number of thioether (sulfide) groups is 1. The van der Waals surface area contributed by atoms with E-state index in [2.05, 4.69) is 15.5 Å². The Bertz CT molecular complexity index is 599. The molecule has 0 spiro atoms. The maximum Gasteiger partial charge on any atom is 0.311 e. The van der Waals surface area contributed by atoms with Gasteiger partial charge in [0.25, 0.3) is 0 Å². The molecule has 2 N–H and O–H groups in total. The molecule has 1 aliphatic heterocycles. The van der Waals surface area contributed by atoms with E-state index in [1.54, 1.807) is 0 Å². The minimum Gasteiger partial charge on any atom is -0.502 e. The van der Waals surface area contributed by atoms with Crippen molar-refractivity contribution >= 4 is 34.7 Å². The molecular formula is C10H8N4O4S. The largest absolute Gasteiger partial charge is 0.502 e. The van der Waals surface area contributed by atoms with Crippen LogP contribution in [0.25, 0.3) is 0 Å². The number of carbonyl (C=O) groups is 1. The number of aromatic hydroxyl groups is 1. The minimum atomic E-state index is -0.689. The molecule has 1 amide bonds. The van der Waals surface area contributed by atoms with Crippen molar-refractivity contribution in [2.24, 2.45) is 10.2 Å². The molecule has 8 nitrogen and oxygen atoms in total. The third kappa shape index (κ3) is 3.07. The fourth-order valence-electron chi connectivity index (χ4n) is 1.32. The summed E-state index contributed by atoms with van der Waals surface area (Å²) in [5.74, 6) is -0.340. The lowest BCUT2D eigenvalue weighted by Crippen LogP contribution is -2.19. The van der Waals surface area contributed by atoms with Gasteiger partial charge in [-0.25, -0.2) is 0 Å². The lowest BCUT2D eigenvalue weighted by atomic mass is 10.2. The van der Waals surface area contributed by atoms with Crippen molar-refractivity contribution in [1.29, 1.82) is 0 Å². The van der Waals surface area contributed by atoms with Crippen molar-refractivity contribution < 1.29 is 14.8 Å². The molecule has 1 aromatic carbocycles. The average Bonchev–Trinajstić information content (AvgIpc) is 2.77. The number of nitrogens with zero attached hydrogens (tertiary/aromatic N) is 3. The van der Waals surface area contributed by atoms with Gasteiger partial charge in [-0.05, 0) is 6.07 Å². The second-order valence-electron chi connectivity index (χ2n) is 3.46. The Labute approximate surface area is 111 Å². The van der Waals surface area contributed by atoms with Crippen LogP contribution in [0.4, 0.5) is 5.69 Å². The zero-order chi connectivity index (χ0) is 13.8. The minimum absolute atomic E-state index is 0.155. The van der Waals surface area contributed by atoms with Crippen LogP contribution in [0.2, 0.25) is 0 Å². The Kier molecular flexibility index (Phi) is 3.76. The molecule has 2 rings (SSSR count). The summed E-state index contributed by atoms with van der Waals surface area (Å²) in [5, 5.41) is 30.5. The number of hydrogen-bond donors (Lipinski definition) is 2. The fraction of sp³-hybridized carbons (Fsp3) is 0.100. The van der Waals surface area contributed by atoms with Crippen LogP contribution in [-0.2, 0) is 4.79 Å². The Morgan fingerprint density at radius 1 is 1.53 bits per heavy atom. The molecule has 1 fully saturated rings. The molecule has 1 aromatic rings. The number of para-hydroxylation sites is 1. The quantitative estimate of drug-likeness (QED) is 0.483. The van der Waals surface area contributed by atoms with Crippen LogP contribution in [0.1, 0.15) is 5.56 Å². The first kappa shape index (κ1) is 13.0. The van der Waals surface area contributed by atoms with Gasteiger partial charge in [-0.3, -0.25) is 14.9 Å². The number of amidine groups is 1. The average molecular weight is 280 g/mol. The Morgan fingerprint density at radius 2 is 2.32 bits per heavy atom. The van der Waals surface area contributed by atoms with E-state index in [1.165, 1.54) is 36.2 Å². The Morgan fingerprint density at radius 3 is 2.95 bits per heavy atom. The van der Waals surface area contributed by atoms with Crippen molar-refractivity contribution in [2.45, 2.75) is 0 Å². The molecule has 19 heavy (non-hydrogen) atoms. The predicted molar refractivity (Wildman–Crippen MR) is 70.4 cm³/mol. The fourth-order valence-corrected chi connectivity index (χ4v) is 1.95. The van der Waals surface area contributed by atoms with Gasteiger partial charge in [-0.1, -0.05) is 17.8 Å². The van der Waals surface area contributed by atoms with E-state index in [-0.39, 0.29) is 17.2 Å². The molecule has 1 heterocycles. The molecule has 0 aliphatic carbocycles. The second-order valence-corrected chi connectivity index (χ2v) is 4.42. The molecule has 0 bridgehead atoms. The molecule has 0 atom stereocenters. The monoisotopic (exact) mass is 280 g/mol. The predicted octanol–water partition coefficient (Wildman–Crippen LogP) is 0.853. The summed E-state index contributed by atoms with van der Waals surface area (Å²) in [5.41, 5.74) is -0.229. The van der Waals surface area contributed by atoms with Gasteiger partial charge in [0, 0.05) is 11.6 Å². The standard InChI is InChI=1S/C10H8N4O4S/c15-8-5-19-10(12-8)13-11-4-6-2-1-3-7(9(6)16)14(17)18/h1-4,16H,5H2,(H,12,13,15)/b11-4-. The smallest absolute Gasteiger partial charge is 0.311 e. The topological polar surface area (TPSA) is 117 Å². The molecule has 1 aliphatic rings. The number of carbonyl (C=O) groups excluding carboxylic acids is 1. The summed E-state index contributed by atoms with van der Waals surface area (Å²) in [6, 6.07) is 4.08. The van der Waals surface area contributed by atoms with Gasteiger partial charge in [0.2, 0.25) is 11.7 Å². The SMILES string of the molecule is O=C1CS/C(=N/N=C\c2cccc([N+](=O)[O-])c2O)N1. The lowest BCUT2D eigenvalue weighted by molar-refractivity contribution is -0.385. The first-order valence-electron chi connectivity index (χ1n) is 5.08. The summed E-state index contributed by atoms with van der Waals surface area (Å²) in [4.78, 5) is 20.8. The van der Waals surface area contributed by atoms with Crippen LogP contribution in [-0.4, -0.2) is 33.1 Å². The van der Waals surface area contributed by atoms with Gasteiger partial charge in [0.05, 0.1) is 16.9 Å². The first-order valence-corrected chi connectivity index (χ1v) is 6.06. The molecule has 98 valence electrons. The van der Waals surface area contributed by atoms with Gasteiger partial charge in [-0.15, -0.1) is 5.10 Å². The summed E-state index contributed by atoms with van der Waals surface area (Å²) < 4.78 is 0. The first-order chi connectivity index (χ1) is 9.08. The van der Waals surface area contributed by atoms with Crippen molar-refractivity contribution in [2.75, 3.05) is 5.75 Å². The van der Waals surface area contributed by atoms with Gasteiger partial charge >= 0.3 is 5.69 Å². The van der Waals surface area contributed by atoms with Crippen LogP contribution in [0.5, 0.6) is 5.75 Å². The highest BCUT2D eigenvalue weighted by Gasteiger charge is 2.17. The molecule has 0 radical (unpaired) electrons. The molecule has 1 saturated heterocycles. The van der Waals surface area contributed by atoms with Crippen molar-refractivity contribution in [3.8, 4) is 5.75 Å².